The highest BCUT2D eigenvalue weighted by Crippen LogP contribution is 2.32. The molecule has 7 nitrogen and oxygen atoms in total. The zero-order chi connectivity index (χ0) is 17.5. The predicted molar refractivity (Wildman–Crippen MR) is 90.2 cm³/mol. The van der Waals surface area contributed by atoms with Gasteiger partial charge in [0.1, 0.15) is 11.6 Å². The van der Waals surface area contributed by atoms with Crippen LogP contribution in [0.25, 0.3) is 0 Å². The fourth-order valence-corrected chi connectivity index (χ4v) is 3.24. The smallest absolute Gasteiger partial charge is 0.248 e. The standard InChI is InChI=1S/C16H18N4O3S/c1-16(2)14(23)18-15(24)19-12(21)8-11(20(16)19)13(22)17-9-10-6-4-3-5-7-10/h3-7,11H,8-9H2,1-2H3,(H,17,22)(H,18,23,24)/t11-/m0/s1. The number of nitrogens with zero attached hydrogens (tertiary/aromatic N) is 2. The van der Waals surface area contributed by atoms with Crippen molar-refractivity contribution in [3.63, 3.8) is 0 Å². The molecule has 8 heteroatoms. The molecular formula is C16H18N4O3S. The summed E-state index contributed by atoms with van der Waals surface area (Å²) in [6, 6.07) is 8.71. The molecule has 1 atom stereocenters. The summed E-state index contributed by atoms with van der Waals surface area (Å²) in [7, 11) is 0. The Kier molecular flexibility index (Phi) is 4.10. The Hall–Kier alpha value is -2.32. The van der Waals surface area contributed by atoms with Gasteiger partial charge in [0.05, 0.1) is 6.42 Å². The SMILES string of the molecule is CC1(C)C(=O)NC(=S)N2C(=O)C[C@@H](C(=O)NCc3ccccc3)N21. The summed E-state index contributed by atoms with van der Waals surface area (Å²) >= 11 is 5.08. The normalized spacial score (nSPS) is 23.0. The van der Waals surface area contributed by atoms with Crippen LogP contribution in [-0.4, -0.2) is 44.4 Å². The zero-order valence-electron chi connectivity index (χ0n) is 13.4. The summed E-state index contributed by atoms with van der Waals surface area (Å²) < 4.78 is 0. The van der Waals surface area contributed by atoms with Crippen molar-refractivity contribution in [1.29, 1.82) is 0 Å². The van der Waals surface area contributed by atoms with Crippen LogP contribution in [0.15, 0.2) is 30.3 Å². The van der Waals surface area contributed by atoms with Crippen LogP contribution in [0.5, 0.6) is 0 Å². The van der Waals surface area contributed by atoms with E-state index in [4.69, 9.17) is 12.2 Å². The number of carbonyl (C=O) groups is 3. The molecule has 1 aromatic rings. The van der Waals surface area contributed by atoms with Gasteiger partial charge >= 0.3 is 0 Å². The molecule has 2 saturated heterocycles. The first kappa shape index (κ1) is 16.5. The van der Waals surface area contributed by atoms with Crippen LogP contribution in [0.4, 0.5) is 0 Å². The van der Waals surface area contributed by atoms with Gasteiger partial charge in [-0.15, -0.1) is 0 Å². The predicted octanol–water partition coefficient (Wildman–Crippen LogP) is 0.314. The van der Waals surface area contributed by atoms with E-state index in [0.717, 1.165) is 5.56 Å². The van der Waals surface area contributed by atoms with Crippen molar-refractivity contribution in [2.24, 2.45) is 0 Å². The number of hydrazine groups is 1. The largest absolute Gasteiger partial charge is 0.351 e. The highest BCUT2D eigenvalue weighted by molar-refractivity contribution is 7.80. The zero-order valence-corrected chi connectivity index (χ0v) is 14.2. The molecule has 2 fully saturated rings. The first-order valence-electron chi connectivity index (χ1n) is 7.61. The molecule has 126 valence electrons. The number of benzene rings is 1. The van der Waals surface area contributed by atoms with Gasteiger partial charge in [0.25, 0.3) is 0 Å². The van der Waals surface area contributed by atoms with Crippen molar-refractivity contribution in [2.75, 3.05) is 0 Å². The van der Waals surface area contributed by atoms with E-state index in [1.165, 1.54) is 10.0 Å². The number of rotatable bonds is 3. The summed E-state index contributed by atoms with van der Waals surface area (Å²) in [5, 5.41) is 8.07. The maximum absolute atomic E-state index is 12.6. The molecule has 24 heavy (non-hydrogen) atoms. The molecule has 0 bridgehead atoms. The average Bonchev–Trinajstić information content (AvgIpc) is 2.91. The van der Waals surface area contributed by atoms with E-state index in [9.17, 15) is 14.4 Å². The van der Waals surface area contributed by atoms with Gasteiger partial charge in [0.2, 0.25) is 17.7 Å². The van der Waals surface area contributed by atoms with Gasteiger partial charge in [-0.05, 0) is 31.6 Å². The lowest BCUT2D eigenvalue weighted by Gasteiger charge is -2.45. The lowest BCUT2D eigenvalue weighted by molar-refractivity contribution is -0.155. The molecule has 3 amide bonds. The Bertz CT molecular complexity index is 719. The Morgan fingerprint density at radius 1 is 1.33 bits per heavy atom. The Morgan fingerprint density at radius 2 is 2.00 bits per heavy atom. The molecule has 0 aliphatic carbocycles. The summed E-state index contributed by atoms with van der Waals surface area (Å²) in [6.07, 6.45) is -0.0147. The fourth-order valence-electron chi connectivity index (χ4n) is 2.96. The first-order valence-corrected chi connectivity index (χ1v) is 8.02. The van der Waals surface area contributed by atoms with Gasteiger partial charge in [-0.25, -0.2) is 5.01 Å². The molecular weight excluding hydrogens is 328 g/mol. The van der Waals surface area contributed by atoms with Gasteiger partial charge in [0.15, 0.2) is 5.11 Å². The van der Waals surface area contributed by atoms with Gasteiger partial charge < -0.3 is 5.32 Å². The molecule has 1 aromatic carbocycles. The molecule has 0 aromatic heterocycles. The number of hydrogen-bond donors (Lipinski definition) is 2. The van der Waals surface area contributed by atoms with Crippen LogP contribution < -0.4 is 10.6 Å². The summed E-state index contributed by atoms with van der Waals surface area (Å²) in [5.74, 6) is -0.937. The minimum Gasteiger partial charge on any atom is -0.351 e. The second-order valence-electron chi connectivity index (χ2n) is 6.29. The van der Waals surface area contributed by atoms with Crippen molar-refractivity contribution in [2.45, 2.75) is 38.4 Å². The van der Waals surface area contributed by atoms with E-state index in [0.29, 0.717) is 6.54 Å². The number of thiocarbonyl (C=S) groups is 1. The summed E-state index contributed by atoms with van der Waals surface area (Å²) in [4.78, 5) is 37.1. The van der Waals surface area contributed by atoms with E-state index >= 15 is 0 Å². The second-order valence-corrected chi connectivity index (χ2v) is 6.68. The third-order valence-corrected chi connectivity index (χ3v) is 4.54. The quantitative estimate of drug-likeness (QED) is 0.770. The van der Waals surface area contributed by atoms with E-state index in [-0.39, 0.29) is 29.3 Å². The van der Waals surface area contributed by atoms with E-state index in [2.05, 4.69) is 10.6 Å². The van der Waals surface area contributed by atoms with Crippen molar-refractivity contribution in [3.05, 3.63) is 35.9 Å². The van der Waals surface area contributed by atoms with Crippen LogP contribution in [0.3, 0.4) is 0 Å². The Labute approximate surface area is 145 Å². The van der Waals surface area contributed by atoms with Crippen LogP contribution in [0.2, 0.25) is 0 Å². The van der Waals surface area contributed by atoms with E-state index in [1.807, 2.05) is 30.3 Å². The highest BCUT2D eigenvalue weighted by Gasteiger charge is 2.56. The summed E-state index contributed by atoms with van der Waals surface area (Å²) in [6.45, 7) is 3.68. The Morgan fingerprint density at radius 3 is 2.67 bits per heavy atom. The molecule has 0 unspecified atom stereocenters. The lowest BCUT2D eigenvalue weighted by Crippen LogP contribution is -2.71. The number of fused-ring (bicyclic) bond motifs is 1. The second kappa shape index (κ2) is 5.95. The average molecular weight is 346 g/mol. The maximum atomic E-state index is 12.6. The van der Waals surface area contributed by atoms with Gasteiger partial charge in [-0.2, -0.15) is 5.01 Å². The third kappa shape index (κ3) is 2.67. The number of carbonyl (C=O) groups excluding carboxylic acids is 3. The van der Waals surface area contributed by atoms with Gasteiger partial charge in [-0.3, -0.25) is 19.7 Å². The monoisotopic (exact) mass is 346 g/mol. The van der Waals surface area contributed by atoms with Crippen molar-refractivity contribution < 1.29 is 14.4 Å². The van der Waals surface area contributed by atoms with Crippen LogP contribution >= 0.6 is 12.2 Å². The topological polar surface area (TPSA) is 81.8 Å². The third-order valence-electron chi connectivity index (χ3n) is 4.27. The summed E-state index contributed by atoms with van der Waals surface area (Å²) in [5.41, 5.74) is -0.0957. The fraction of sp³-hybridized carbons (Fsp3) is 0.375. The number of hydrogen-bond acceptors (Lipinski definition) is 5. The number of nitrogens with one attached hydrogen (secondary N) is 2. The van der Waals surface area contributed by atoms with E-state index < -0.39 is 11.6 Å². The highest BCUT2D eigenvalue weighted by atomic mass is 32.1. The molecule has 0 saturated carbocycles. The van der Waals surface area contributed by atoms with Crippen LogP contribution in [-0.2, 0) is 20.9 Å². The first-order chi connectivity index (χ1) is 11.3. The van der Waals surface area contributed by atoms with Gasteiger partial charge in [-0.1, -0.05) is 30.3 Å². The van der Waals surface area contributed by atoms with Crippen molar-refractivity contribution in [3.8, 4) is 0 Å². The Balaban J connectivity index is 1.80. The maximum Gasteiger partial charge on any atom is 0.248 e. The molecule has 3 rings (SSSR count). The van der Waals surface area contributed by atoms with Crippen molar-refractivity contribution >= 4 is 35.1 Å². The molecule has 2 N–H and O–H groups in total. The minimum absolute atomic E-state index is 0.0147. The van der Waals surface area contributed by atoms with Crippen LogP contribution in [0.1, 0.15) is 25.8 Å². The van der Waals surface area contributed by atoms with Crippen LogP contribution in [0, 0.1) is 0 Å². The molecule has 2 aliphatic rings. The number of amides is 3. The molecule has 2 heterocycles. The molecule has 0 radical (unpaired) electrons. The molecule has 2 aliphatic heterocycles. The molecule has 0 spiro atoms. The lowest BCUT2D eigenvalue weighted by atomic mass is 10.00. The van der Waals surface area contributed by atoms with E-state index in [1.54, 1.807) is 13.8 Å². The van der Waals surface area contributed by atoms with Crippen molar-refractivity contribution in [1.82, 2.24) is 20.7 Å². The minimum atomic E-state index is -1.05. The van der Waals surface area contributed by atoms with Gasteiger partial charge in [0, 0.05) is 6.54 Å².